The second-order valence-corrected chi connectivity index (χ2v) is 27.9. The summed E-state index contributed by atoms with van der Waals surface area (Å²) >= 11 is 5.54. The Morgan fingerprint density at radius 1 is 0.202 bits per heavy atom. The second-order valence-electron chi connectivity index (χ2n) is 24.7. The lowest BCUT2D eigenvalue weighted by molar-refractivity contribution is 0.893. The Bertz CT molecular complexity index is 6580. The maximum atomic E-state index is 5.69. The highest BCUT2D eigenvalue weighted by Crippen LogP contribution is 2.44. The topological polar surface area (TPSA) is 53.5 Å². The van der Waals surface area contributed by atoms with Gasteiger partial charge in [-0.15, -0.1) is 34.0 Å². The fraction of sp³-hybridized carbons (Fsp3) is 0. The van der Waals surface area contributed by atoms with E-state index in [1.807, 2.05) is 34.0 Å². The quantitative estimate of drug-likeness (QED) is 0.160. The first-order valence-electron chi connectivity index (χ1n) is 31.7. The van der Waals surface area contributed by atoms with Gasteiger partial charge in [0.1, 0.15) is 0 Å². The number of thiophene rings is 3. The van der Waals surface area contributed by atoms with Crippen molar-refractivity contribution < 1.29 is 0 Å². The molecule has 0 spiro atoms. The van der Waals surface area contributed by atoms with Crippen LogP contribution in [-0.4, -0.2) is 28.7 Å². The predicted octanol–water partition coefficient (Wildman–Crippen LogP) is 24.1. The Hall–Kier alpha value is -11.6. The number of hydrogen-bond acceptors (Lipinski definition) is 6. The van der Waals surface area contributed by atoms with Crippen molar-refractivity contribution >= 4 is 171 Å². The van der Waals surface area contributed by atoms with Gasteiger partial charge in [-0.05, 0) is 153 Å². The molecule has 94 heavy (non-hydrogen) atoms. The number of para-hydroxylation sites is 3. The summed E-state index contributed by atoms with van der Waals surface area (Å²) in [5, 5.41) is 16.8. The minimum Gasteiger partial charge on any atom is -0.309 e. The molecule has 0 saturated heterocycles. The van der Waals surface area contributed by atoms with Gasteiger partial charge < -0.3 is 4.57 Å². The summed E-state index contributed by atoms with van der Waals surface area (Å²) in [5.74, 6) is 1.64. The maximum Gasteiger partial charge on any atom is 0.240 e. The molecule has 6 nitrogen and oxygen atoms in total. The smallest absolute Gasteiger partial charge is 0.240 e. The van der Waals surface area contributed by atoms with Gasteiger partial charge in [0.25, 0.3) is 0 Å². The van der Waals surface area contributed by atoms with Crippen molar-refractivity contribution in [2.45, 2.75) is 0 Å². The third kappa shape index (κ3) is 7.83. The molecule has 7 heterocycles. The first-order chi connectivity index (χ1) is 46.5. The first kappa shape index (κ1) is 52.1. The lowest BCUT2D eigenvalue weighted by atomic mass is 10.0. The first-order valence-corrected chi connectivity index (χ1v) is 34.1. The Balaban J connectivity index is 0.754. The van der Waals surface area contributed by atoms with Crippen LogP contribution in [0.2, 0.25) is 0 Å². The molecule has 0 fully saturated rings. The van der Waals surface area contributed by atoms with E-state index in [4.69, 9.17) is 15.0 Å². The number of benzene rings is 14. The lowest BCUT2D eigenvalue weighted by Gasteiger charge is -2.14. The zero-order chi connectivity index (χ0) is 61.3. The summed E-state index contributed by atoms with van der Waals surface area (Å²) in [5.41, 5.74) is 15.3. The largest absolute Gasteiger partial charge is 0.309 e. The zero-order valence-corrected chi connectivity index (χ0v) is 52.6. The fourth-order valence-electron chi connectivity index (χ4n) is 15.1. The third-order valence-electron chi connectivity index (χ3n) is 19.5. The van der Waals surface area contributed by atoms with E-state index in [1.54, 1.807) is 0 Å². The van der Waals surface area contributed by atoms with Crippen LogP contribution in [0.4, 0.5) is 0 Å². The van der Waals surface area contributed by atoms with E-state index in [0.29, 0.717) is 17.7 Å². The van der Waals surface area contributed by atoms with Crippen molar-refractivity contribution in [1.29, 1.82) is 0 Å². The van der Waals surface area contributed by atoms with Crippen LogP contribution in [0.3, 0.4) is 0 Å². The number of aromatic nitrogens is 6. The highest BCUT2D eigenvalue weighted by molar-refractivity contribution is 7.26. The molecule has 0 saturated carbocycles. The molecule has 14 aromatic carbocycles. The molecular weight excluding hydrogens is 1200 g/mol. The molecule has 0 bridgehead atoms. The van der Waals surface area contributed by atoms with Crippen LogP contribution in [0.25, 0.3) is 199 Å². The normalized spacial score (nSPS) is 12.3. The molecule has 9 heteroatoms. The SMILES string of the molecule is c1ccc2c(c1)sc1ccc(-c3ccc4c5ccccc5n(-c5ccc6cc(-c7nc(-n8c9ccccc9c9ccc(-c%10ccc%11sc%12ccccc%12c%11c%10)cc98)nc(-n8c9ccccc9c9ccc(-c%10ccc%11sc%12ccccc%12c%11c%10)cc98)n7)ccc6c5)c4c3)cc12. The molecule has 0 radical (unpaired) electrons. The van der Waals surface area contributed by atoms with Crippen molar-refractivity contribution in [3.8, 4) is 62.4 Å². The van der Waals surface area contributed by atoms with Crippen LogP contribution in [-0.2, 0) is 0 Å². The number of hydrogen-bond donors (Lipinski definition) is 0. The molecule has 7 aromatic heterocycles. The van der Waals surface area contributed by atoms with Crippen LogP contribution in [0.15, 0.2) is 291 Å². The summed E-state index contributed by atoms with van der Waals surface area (Å²) in [6.07, 6.45) is 0. The Morgan fingerprint density at radius 2 is 0.521 bits per heavy atom. The third-order valence-corrected chi connectivity index (χ3v) is 23.0. The molecule has 0 atom stereocenters. The van der Waals surface area contributed by atoms with Gasteiger partial charge in [-0.2, -0.15) is 15.0 Å². The molecule has 0 N–H and O–H groups in total. The highest BCUT2D eigenvalue weighted by atomic mass is 32.1. The maximum absolute atomic E-state index is 5.69. The van der Waals surface area contributed by atoms with E-state index in [1.165, 1.54) is 93.4 Å². The highest BCUT2D eigenvalue weighted by Gasteiger charge is 2.23. The average Bonchev–Trinajstić information content (AvgIpc) is 1.58. The van der Waals surface area contributed by atoms with Gasteiger partial charge in [-0.1, -0.05) is 182 Å². The van der Waals surface area contributed by atoms with Crippen LogP contribution in [0.5, 0.6) is 0 Å². The molecule has 0 aliphatic heterocycles. The van der Waals surface area contributed by atoms with Crippen molar-refractivity contribution in [3.05, 3.63) is 291 Å². The van der Waals surface area contributed by atoms with Crippen LogP contribution < -0.4 is 0 Å². The molecule has 21 aromatic rings. The monoisotopic (exact) mass is 1250 g/mol. The van der Waals surface area contributed by atoms with E-state index in [2.05, 4.69) is 305 Å². The molecule has 0 amide bonds. The summed E-state index contributed by atoms with van der Waals surface area (Å²) in [6.45, 7) is 0. The van der Waals surface area contributed by atoms with Gasteiger partial charge in [-0.25, -0.2) is 0 Å². The molecular formula is C85H48N6S3. The summed E-state index contributed by atoms with van der Waals surface area (Å²) in [4.78, 5) is 16.9. The minimum absolute atomic E-state index is 0.532. The van der Waals surface area contributed by atoms with E-state index in [-0.39, 0.29) is 0 Å². The van der Waals surface area contributed by atoms with Gasteiger partial charge in [-0.3, -0.25) is 9.13 Å². The molecule has 0 aliphatic rings. The van der Waals surface area contributed by atoms with Gasteiger partial charge in [0.2, 0.25) is 11.9 Å². The lowest BCUT2D eigenvalue weighted by Crippen LogP contribution is -2.10. The molecule has 436 valence electrons. The van der Waals surface area contributed by atoms with Gasteiger partial charge in [0, 0.05) is 104 Å². The standard InChI is InChI=1S/C85H48N6S3/c1-7-19-71-59(13-1)62-35-28-54(51-31-38-80-68(43-51)65-16-4-10-22-77(65)92-80)46-74(62)89(71)58-34-27-49-41-57(26-25-50(49)42-58)83-86-84(90-72-20-8-2-14-60(72)63-36-29-55(47-75(63)90)52-32-39-81-69(44-52)66-17-5-11-23-78(66)93-81)88-85(87-83)91-73-21-9-3-15-61(73)64-37-30-56(48-76(64)91)53-33-40-82-70(45-53)67-18-6-12-24-79(67)94-82/h1-48H. The number of fused-ring (bicyclic) bond motifs is 19. The Labute approximate surface area is 549 Å². The number of nitrogens with zero attached hydrogens (tertiary/aromatic N) is 6. The average molecular weight is 1250 g/mol. The summed E-state index contributed by atoms with van der Waals surface area (Å²) in [6, 6.07) is 107. The summed E-state index contributed by atoms with van der Waals surface area (Å²) < 4.78 is 14.7. The fourth-order valence-corrected chi connectivity index (χ4v) is 18.3. The van der Waals surface area contributed by atoms with E-state index >= 15 is 0 Å². The Kier molecular flexibility index (Phi) is 11.1. The van der Waals surface area contributed by atoms with Crippen molar-refractivity contribution in [1.82, 2.24) is 28.7 Å². The van der Waals surface area contributed by atoms with E-state index in [9.17, 15) is 0 Å². The van der Waals surface area contributed by atoms with Crippen molar-refractivity contribution in [2.24, 2.45) is 0 Å². The van der Waals surface area contributed by atoms with E-state index in [0.717, 1.165) is 87.9 Å². The molecule has 0 unspecified atom stereocenters. The minimum atomic E-state index is 0.532. The van der Waals surface area contributed by atoms with Crippen molar-refractivity contribution in [2.75, 3.05) is 0 Å². The Morgan fingerprint density at radius 3 is 0.968 bits per heavy atom. The van der Waals surface area contributed by atoms with Crippen LogP contribution in [0, 0.1) is 0 Å². The van der Waals surface area contributed by atoms with Crippen LogP contribution >= 0.6 is 34.0 Å². The van der Waals surface area contributed by atoms with Crippen LogP contribution in [0.1, 0.15) is 0 Å². The van der Waals surface area contributed by atoms with Gasteiger partial charge in [0.15, 0.2) is 5.82 Å². The second kappa shape index (κ2) is 20.0. The molecule has 21 rings (SSSR count). The zero-order valence-electron chi connectivity index (χ0n) is 50.1. The van der Waals surface area contributed by atoms with Crippen molar-refractivity contribution in [3.63, 3.8) is 0 Å². The van der Waals surface area contributed by atoms with Gasteiger partial charge >= 0.3 is 0 Å². The number of rotatable bonds is 7. The van der Waals surface area contributed by atoms with Gasteiger partial charge in [0.05, 0.1) is 33.1 Å². The predicted molar refractivity (Wildman–Crippen MR) is 401 cm³/mol. The summed E-state index contributed by atoms with van der Waals surface area (Å²) in [7, 11) is 0. The van der Waals surface area contributed by atoms with E-state index < -0.39 is 0 Å². The molecule has 0 aliphatic carbocycles.